The zero-order valence-corrected chi connectivity index (χ0v) is 27.0. The maximum atomic E-state index is 15.4. The number of nitrogens with one attached hydrogen (secondary N) is 2. The predicted molar refractivity (Wildman–Crippen MR) is 155 cm³/mol. The largest absolute Gasteiger partial charge is 0.324 e. The Bertz CT molecular complexity index is 2820. The SMILES string of the molecule is Fc1c(F)c(F)c2c(c1F)-c1nc-2nc2[nH]c(nc3nc(nc4[nH]c(n1)c1c(F)c(F)c(F)c(F)c41)-c1c(F)c(F)c(F)c(F)c1-3)c1c(F)c(F)c(F)c(F)c21.[Ni]. The second kappa shape index (κ2) is 12.3. The first-order valence-corrected chi connectivity index (χ1v) is 14.7. The topological polar surface area (TPSA) is 109 Å². The van der Waals surface area contributed by atoms with E-state index in [4.69, 9.17) is 0 Å². The van der Waals surface area contributed by atoms with Crippen molar-refractivity contribution in [2.24, 2.45) is 0 Å². The number of aromatic amines is 2. The zero-order chi connectivity index (χ0) is 40.1. The average Bonchev–Trinajstić information content (AvgIpc) is 3.92. The molecule has 8 nitrogen and oxygen atoms in total. The zero-order valence-electron chi connectivity index (χ0n) is 26.0. The molecule has 3 aromatic heterocycles. The number of rotatable bonds is 0. The fourth-order valence-corrected chi connectivity index (χ4v) is 6.24. The quantitative estimate of drug-likeness (QED) is 0.0682. The van der Waals surface area contributed by atoms with Gasteiger partial charge in [0.1, 0.15) is 22.6 Å². The Balaban J connectivity index is 0.00000455. The molecule has 2 N–H and O–H groups in total. The molecular formula is C32H2F16N8Ni. The Labute approximate surface area is 309 Å². The molecule has 0 spiro atoms. The van der Waals surface area contributed by atoms with Crippen LogP contribution in [0.4, 0.5) is 70.2 Å². The summed E-state index contributed by atoms with van der Waals surface area (Å²) in [5.74, 6) is -44.2. The second-order valence-corrected chi connectivity index (χ2v) is 11.6. The van der Waals surface area contributed by atoms with Crippen LogP contribution in [0.3, 0.4) is 0 Å². The molecule has 4 aromatic carbocycles. The van der Waals surface area contributed by atoms with Crippen LogP contribution in [-0.4, -0.2) is 39.9 Å². The van der Waals surface area contributed by atoms with Gasteiger partial charge in [0.15, 0.2) is 116 Å². The van der Waals surface area contributed by atoms with Gasteiger partial charge in [0.2, 0.25) is 0 Å². The van der Waals surface area contributed by atoms with E-state index >= 15 is 35.1 Å². The van der Waals surface area contributed by atoms with Crippen molar-refractivity contribution in [3.63, 3.8) is 0 Å². The molecule has 0 aliphatic carbocycles. The average molecular weight is 861 g/mol. The van der Waals surface area contributed by atoms with Crippen molar-refractivity contribution in [3.8, 4) is 45.6 Å². The number of halogens is 16. The van der Waals surface area contributed by atoms with Crippen LogP contribution in [-0.2, 0) is 16.5 Å². The molecule has 5 heterocycles. The Hall–Kier alpha value is -6.39. The van der Waals surface area contributed by atoms with E-state index in [9.17, 15) is 35.1 Å². The van der Waals surface area contributed by atoms with Crippen molar-refractivity contribution in [1.82, 2.24) is 39.9 Å². The third kappa shape index (κ3) is 4.77. The van der Waals surface area contributed by atoms with Gasteiger partial charge >= 0.3 is 0 Å². The molecule has 2 aliphatic heterocycles. The third-order valence-corrected chi connectivity index (χ3v) is 8.68. The van der Waals surface area contributed by atoms with Gasteiger partial charge in [-0.15, -0.1) is 0 Å². The Kier molecular flexibility index (Phi) is 8.10. The van der Waals surface area contributed by atoms with E-state index in [1.807, 2.05) is 9.97 Å². The van der Waals surface area contributed by atoms with Gasteiger partial charge in [-0.2, -0.15) is 0 Å². The minimum absolute atomic E-state index is 0. The first-order valence-electron chi connectivity index (χ1n) is 14.7. The molecule has 25 heteroatoms. The van der Waals surface area contributed by atoms with Gasteiger partial charge in [0.25, 0.3) is 0 Å². The second-order valence-electron chi connectivity index (χ2n) is 11.6. The van der Waals surface area contributed by atoms with Gasteiger partial charge in [0, 0.05) is 16.5 Å². The van der Waals surface area contributed by atoms with Crippen LogP contribution < -0.4 is 0 Å². The Morgan fingerprint density at radius 3 is 0.596 bits per heavy atom. The maximum absolute atomic E-state index is 15.4. The van der Waals surface area contributed by atoms with Gasteiger partial charge in [-0.25, -0.2) is 100 Å². The van der Waals surface area contributed by atoms with Gasteiger partial charge in [-0.1, -0.05) is 0 Å². The molecule has 0 atom stereocenters. The summed E-state index contributed by atoms with van der Waals surface area (Å²) in [6.07, 6.45) is 0. The number of fused-ring (bicyclic) bond motifs is 20. The van der Waals surface area contributed by atoms with Gasteiger partial charge in [0.05, 0.1) is 43.8 Å². The molecule has 292 valence electrons. The Morgan fingerprint density at radius 2 is 0.404 bits per heavy atom. The van der Waals surface area contributed by atoms with E-state index in [0.29, 0.717) is 0 Å². The standard InChI is InChI=1S/C32H2F16N8.Ni/c33-9-1-2(10(34)18(42)17(9)41)26-49-25(1)53-27-3-4(12(36)20(44)19(43)11(3)35)29(50-27)55-31-7-8(16(40)24(48)23(47)15(7)39)32(52-31)56-30-6-5(28(51-30)54-26)13(37)21(45)22(46)14(6)38;/h(H2,49,50,51,52,53,54,55,56);. The number of hydrogen-bond acceptors (Lipinski definition) is 6. The van der Waals surface area contributed by atoms with Crippen LogP contribution in [0.5, 0.6) is 0 Å². The van der Waals surface area contributed by atoms with Crippen molar-refractivity contribution in [3.05, 3.63) is 93.1 Å². The molecule has 2 aliphatic rings. The number of H-pyrrole nitrogens is 2. The first-order chi connectivity index (χ1) is 26.4. The van der Waals surface area contributed by atoms with E-state index in [-0.39, 0.29) is 16.5 Å². The van der Waals surface area contributed by atoms with Crippen molar-refractivity contribution in [1.29, 1.82) is 0 Å². The molecule has 0 radical (unpaired) electrons. The van der Waals surface area contributed by atoms with Crippen LogP contribution in [0.15, 0.2) is 0 Å². The Morgan fingerprint density at radius 1 is 0.228 bits per heavy atom. The van der Waals surface area contributed by atoms with Crippen molar-refractivity contribution >= 4 is 44.1 Å². The summed E-state index contributed by atoms with van der Waals surface area (Å²) in [6.45, 7) is 0. The maximum Gasteiger partial charge on any atom is 0.198 e. The number of nitrogens with zero attached hydrogens (tertiary/aromatic N) is 6. The number of benzene rings is 4. The molecule has 0 saturated heterocycles. The molecule has 7 aromatic rings. The molecular weight excluding hydrogens is 859 g/mol. The van der Waals surface area contributed by atoms with E-state index in [2.05, 4.69) is 29.9 Å². The monoisotopic (exact) mass is 860 g/mol. The third-order valence-electron chi connectivity index (χ3n) is 8.68. The first kappa shape index (κ1) is 37.5. The van der Waals surface area contributed by atoms with Crippen molar-refractivity contribution in [2.75, 3.05) is 0 Å². The summed E-state index contributed by atoms with van der Waals surface area (Å²) < 4.78 is 240. The van der Waals surface area contributed by atoms with Crippen LogP contribution >= 0.6 is 0 Å². The fourth-order valence-electron chi connectivity index (χ4n) is 6.24. The summed E-state index contributed by atoms with van der Waals surface area (Å²) in [5.41, 5.74) is -11.1. The van der Waals surface area contributed by atoms with E-state index in [1.165, 1.54) is 0 Å². The summed E-state index contributed by atoms with van der Waals surface area (Å²) in [6, 6.07) is 0. The van der Waals surface area contributed by atoms with E-state index in [0.717, 1.165) is 0 Å². The smallest absolute Gasteiger partial charge is 0.198 e. The molecule has 9 rings (SSSR count). The van der Waals surface area contributed by atoms with Crippen LogP contribution in [0, 0.1) is 93.1 Å². The van der Waals surface area contributed by atoms with Crippen molar-refractivity contribution in [2.45, 2.75) is 0 Å². The summed E-state index contributed by atoms with van der Waals surface area (Å²) in [4.78, 5) is 25.5. The molecule has 0 unspecified atom stereocenters. The summed E-state index contributed by atoms with van der Waals surface area (Å²) in [7, 11) is 0. The van der Waals surface area contributed by atoms with Gasteiger partial charge in [-0.3, -0.25) is 0 Å². The van der Waals surface area contributed by atoms with Gasteiger partial charge < -0.3 is 9.97 Å². The summed E-state index contributed by atoms with van der Waals surface area (Å²) in [5, 5.41) is -5.83. The van der Waals surface area contributed by atoms with Crippen LogP contribution in [0.1, 0.15) is 0 Å². The molecule has 0 fully saturated rings. The van der Waals surface area contributed by atoms with Crippen molar-refractivity contribution < 1.29 is 86.7 Å². The fraction of sp³-hybridized carbons (Fsp3) is 0. The number of aromatic nitrogens is 8. The van der Waals surface area contributed by atoms with Crippen LogP contribution in [0.25, 0.3) is 89.7 Å². The molecule has 57 heavy (non-hydrogen) atoms. The van der Waals surface area contributed by atoms with E-state index < -0.39 is 183 Å². The molecule has 0 saturated carbocycles. The van der Waals surface area contributed by atoms with E-state index in [1.54, 1.807) is 0 Å². The minimum Gasteiger partial charge on any atom is -0.324 e. The normalized spacial score (nSPS) is 12.1. The van der Waals surface area contributed by atoms with Crippen LogP contribution in [0.2, 0.25) is 0 Å². The minimum atomic E-state index is -2.53. The predicted octanol–water partition coefficient (Wildman–Crippen LogP) is 9.09. The summed E-state index contributed by atoms with van der Waals surface area (Å²) >= 11 is 0. The van der Waals surface area contributed by atoms with Gasteiger partial charge in [-0.05, 0) is 0 Å². The molecule has 0 amide bonds. The number of hydrogen-bond donors (Lipinski definition) is 2. The molecule has 8 bridgehead atoms.